The van der Waals surface area contributed by atoms with Crippen LogP contribution in [0.2, 0.25) is 0 Å². The molecule has 0 amide bonds. The summed E-state index contributed by atoms with van der Waals surface area (Å²) in [6, 6.07) is 2.01. The van der Waals surface area contributed by atoms with E-state index in [-0.39, 0.29) is 43.8 Å². The summed E-state index contributed by atoms with van der Waals surface area (Å²) in [7, 11) is 0. The van der Waals surface area contributed by atoms with Crippen molar-refractivity contribution in [3.63, 3.8) is 0 Å². The molecule has 36 heavy (non-hydrogen) atoms. The summed E-state index contributed by atoms with van der Waals surface area (Å²) in [4.78, 5) is 0. The van der Waals surface area contributed by atoms with E-state index >= 15 is 0 Å². The zero-order valence-electron chi connectivity index (χ0n) is 31.4. The Kier molecular flexibility index (Phi) is 2.21. The van der Waals surface area contributed by atoms with Gasteiger partial charge in [0.1, 0.15) is 5.58 Å². The lowest BCUT2D eigenvalue weighted by Gasteiger charge is -2.17. The standard InChI is InChI=1S/C34H20O2/c1-2-9-21(10-3-1)30-23-11-4-6-13-25(23)31(26-14-7-5-12-24(26)30)29-16-8-15-27-28-18-17-22-19-20-35-32(22)34(28)36-33(27)29/h1-20H/i1D,2D,3D,4D,5D,6D,7D,9D,10D,11D,12D,13D,14D. The lowest BCUT2D eigenvalue weighted by atomic mass is 9.85. The highest BCUT2D eigenvalue weighted by Gasteiger charge is 2.20. The van der Waals surface area contributed by atoms with Crippen molar-refractivity contribution in [2.24, 2.45) is 0 Å². The van der Waals surface area contributed by atoms with Crippen molar-refractivity contribution in [3.05, 3.63) is 121 Å². The van der Waals surface area contributed by atoms with Crippen LogP contribution in [0, 0.1) is 0 Å². The van der Waals surface area contributed by atoms with Crippen molar-refractivity contribution >= 4 is 54.5 Å². The average Bonchev–Trinajstić information content (AvgIpc) is 3.74. The molecule has 0 fully saturated rings. The largest absolute Gasteiger partial charge is 0.460 e. The van der Waals surface area contributed by atoms with Crippen LogP contribution in [-0.4, -0.2) is 0 Å². The third-order valence-electron chi connectivity index (χ3n) is 6.48. The third kappa shape index (κ3) is 2.61. The molecule has 8 rings (SSSR count). The molecule has 0 unspecified atom stereocenters. The molecule has 2 nitrogen and oxygen atoms in total. The zero-order valence-corrected chi connectivity index (χ0v) is 18.4. The van der Waals surface area contributed by atoms with E-state index in [0.717, 1.165) is 5.39 Å². The van der Waals surface area contributed by atoms with Crippen LogP contribution in [0.25, 0.3) is 76.7 Å². The minimum Gasteiger partial charge on any atom is -0.460 e. The summed E-state index contributed by atoms with van der Waals surface area (Å²) in [5.74, 6) is 0. The molecule has 0 N–H and O–H groups in total. The lowest BCUT2D eigenvalue weighted by Crippen LogP contribution is -1.90. The molecule has 0 atom stereocenters. The van der Waals surface area contributed by atoms with Gasteiger partial charge >= 0.3 is 0 Å². The Morgan fingerprint density at radius 2 is 1.14 bits per heavy atom. The fraction of sp³-hybridized carbons (Fsp3) is 0. The molecule has 6 aromatic carbocycles. The molecule has 2 heterocycles. The topological polar surface area (TPSA) is 26.3 Å². The van der Waals surface area contributed by atoms with Crippen LogP contribution < -0.4 is 0 Å². The van der Waals surface area contributed by atoms with E-state index < -0.39 is 84.1 Å². The number of furan rings is 2. The van der Waals surface area contributed by atoms with Gasteiger partial charge in [0.05, 0.1) is 24.1 Å². The van der Waals surface area contributed by atoms with Gasteiger partial charge in [-0.15, -0.1) is 0 Å². The number of fused-ring (bicyclic) bond motifs is 7. The first-order valence-electron chi connectivity index (χ1n) is 17.6. The Balaban J connectivity index is 1.73. The van der Waals surface area contributed by atoms with E-state index in [0.29, 0.717) is 21.9 Å². The smallest absolute Gasteiger partial charge is 0.178 e. The van der Waals surface area contributed by atoms with Crippen molar-refractivity contribution in [1.29, 1.82) is 0 Å². The maximum absolute atomic E-state index is 9.17. The molecular formula is C34H20O2. The van der Waals surface area contributed by atoms with Gasteiger partial charge in [0.25, 0.3) is 0 Å². The van der Waals surface area contributed by atoms with Gasteiger partial charge in [-0.05, 0) is 44.8 Å². The average molecular weight is 474 g/mol. The lowest BCUT2D eigenvalue weighted by molar-refractivity contribution is 0.600. The SMILES string of the molecule is [2H]c1c([2H])c([2H])c(-c2c3c([2H])c([2H])c([2H])c([2H])c3c(-c3cccc4c3oc3c4ccc4ccoc43)c3c([2H])c([2H])c([2H])c([2H])c23)c([2H])c1[2H]. The Morgan fingerprint density at radius 1 is 0.500 bits per heavy atom. The van der Waals surface area contributed by atoms with Crippen LogP contribution in [0.15, 0.2) is 130 Å². The van der Waals surface area contributed by atoms with Crippen LogP contribution in [0.4, 0.5) is 0 Å². The number of hydrogen-bond donors (Lipinski definition) is 0. The first-order valence-corrected chi connectivity index (χ1v) is 11.1. The van der Waals surface area contributed by atoms with E-state index in [4.69, 9.17) is 23.9 Å². The maximum atomic E-state index is 9.17. The van der Waals surface area contributed by atoms with Crippen molar-refractivity contribution < 1.29 is 26.7 Å². The summed E-state index contributed by atoms with van der Waals surface area (Å²) in [6.07, 6.45) is 1.52. The van der Waals surface area contributed by atoms with Gasteiger partial charge in [-0.2, -0.15) is 0 Å². The molecular weight excluding hydrogens is 440 g/mol. The Labute approximate surface area is 225 Å². The summed E-state index contributed by atoms with van der Waals surface area (Å²) in [6.45, 7) is 0. The monoisotopic (exact) mass is 473 g/mol. The van der Waals surface area contributed by atoms with Crippen molar-refractivity contribution in [3.8, 4) is 22.3 Å². The number of benzene rings is 6. The van der Waals surface area contributed by atoms with E-state index in [2.05, 4.69) is 0 Å². The normalized spacial score (nSPS) is 16.9. The van der Waals surface area contributed by atoms with Crippen LogP contribution in [-0.2, 0) is 0 Å². The molecule has 0 radical (unpaired) electrons. The quantitative estimate of drug-likeness (QED) is 0.233. The molecule has 0 saturated heterocycles. The van der Waals surface area contributed by atoms with Crippen LogP contribution in [0.5, 0.6) is 0 Å². The Morgan fingerprint density at radius 3 is 1.86 bits per heavy atom. The first-order chi connectivity index (χ1) is 23.3. The molecule has 0 aliphatic heterocycles. The molecule has 2 aromatic heterocycles. The minimum absolute atomic E-state index is 0.000427. The van der Waals surface area contributed by atoms with Crippen LogP contribution in [0.3, 0.4) is 0 Å². The highest BCUT2D eigenvalue weighted by Crippen LogP contribution is 2.46. The summed E-state index contributed by atoms with van der Waals surface area (Å²) >= 11 is 0. The summed E-state index contributed by atoms with van der Waals surface area (Å²) in [5, 5.41) is 1.13. The first kappa shape index (κ1) is 10.8. The number of para-hydroxylation sites is 1. The molecule has 8 aromatic rings. The van der Waals surface area contributed by atoms with Crippen molar-refractivity contribution in [1.82, 2.24) is 0 Å². The molecule has 0 saturated carbocycles. The van der Waals surface area contributed by atoms with Gasteiger partial charge in [-0.1, -0.05) is 103 Å². The maximum Gasteiger partial charge on any atom is 0.178 e. The number of rotatable bonds is 2. The molecule has 2 heteroatoms. The summed E-state index contributed by atoms with van der Waals surface area (Å²) < 4.78 is 126. The van der Waals surface area contributed by atoms with Gasteiger partial charge in [-0.3, -0.25) is 0 Å². The Bertz CT molecular complexity index is 2710. The van der Waals surface area contributed by atoms with E-state index in [9.17, 15) is 2.74 Å². The van der Waals surface area contributed by atoms with E-state index in [1.165, 1.54) is 6.26 Å². The predicted molar refractivity (Wildman–Crippen MR) is 149 cm³/mol. The van der Waals surface area contributed by atoms with E-state index in [1.54, 1.807) is 24.3 Å². The minimum atomic E-state index is -0.723. The van der Waals surface area contributed by atoms with Crippen molar-refractivity contribution in [2.45, 2.75) is 0 Å². The second kappa shape index (κ2) is 7.34. The molecule has 0 spiro atoms. The van der Waals surface area contributed by atoms with Gasteiger partial charge in [-0.25, -0.2) is 0 Å². The fourth-order valence-electron chi connectivity index (χ4n) is 5.00. The Hall–Kier alpha value is -4.82. The molecule has 0 aliphatic rings. The predicted octanol–water partition coefficient (Wildman–Crippen LogP) is 9.97. The highest BCUT2D eigenvalue weighted by atomic mass is 16.4. The molecule has 0 bridgehead atoms. The second-order valence-corrected chi connectivity index (χ2v) is 8.32. The summed E-state index contributed by atoms with van der Waals surface area (Å²) in [5.41, 5.74) is 0.558. The second-order valence-electron chi connectivity index (χ2n) is 8.32. The molecule has 168 valence electrons. The fourth-order valence-corrected chi connectivity index (χ4v) is 5.00. The van der Waals surface area contributed by atoms with E-state index in [1.807, 2.05) is 12.1 Å². The zero-order chi connectivity index (χ0) is 35.0. The molecule has 0 aliphatic carbocycles. The van der Waals surface area contributed by atoms with Gasteiger partial charge in [0.15, 0.2) is 11.2 Å². The van der Waals surface area contributed by atoms with Gasteiger partial charge < -0.3 is 8.83 Å². The van der Waals surface area contributed by atoms with Gasteiger partial charge in [0, 0.05) is 27.3 Å². The van der Waals surface area contributed by atoms with Crippen LogP contribution >= 0.6 is 0 Å². The van der Waals surface area contributed by atoms with Crippen LogP contribution in [0.1, 0.15) is 17.8 Å². The van der Waals surface area contributed by atoms with Gasteiger partial charge in [0.2, 0.25) is 0 Å². The number of hydrogen-bond acceptors (Lipinski definition) is 2. The van der Waals surface area contributed by atoms with Crippen molar-refractivity contribution in [2.75, 3.05) is 0 Å². The highest BCUT2D eigenvalue weighted by molar-refractivity contribution is 6.24. The third-order valence-corrected chi connectivity index (χ3v) is 6.48.